The maximum absolute atomic E-state index is 11.1. The van der Waals surface area contributed by atoms with Crippen molar-refractivity contribution >= 4 is 16.9 Å². The largest absolute Gasteiger partial charge is 0.355 e. The molecule has 0 amide bonds. The molecular formula is C19H20N4O. The Morgan fingerprint density at radius 1 is 1.08 bits per heavy atom. The number of fused-ring (bicyclic) bond motifs is 1. The van der Waals surface area contributed by atoms with Gasteiger partial charge in [-0.15, -0.1) is 0 Å². The van der Waals surface area contributed by atoms with E-state index in [0.29, 0.717) is 5.92 Å². The van der Waals surface area contributed by atoms with Gasteiger partial charge in [-0.3, -0.25) is 9.78 Å². The van der Waals surface area contributed by atoms with Gasteiger partial charge < -0.3 is 9.88 Å². The Bertz CT molecular complexity index is 877. The highest BCUT2D eigenvalue weighted by atomic mass is 16.1. The number of benzene rings is 1. The Kier molecular flexibility index (Phi) is 3.99. The molecule has 1 N–H and O–H groups in total. The lowest BCUT2D eigenvalue weighted by molar-refractivity contribution is 0.402. The summed E-state index contributed by atoms with van der Waals surface area (Å²) >= 11 is 0. The van der Waals surface area contributed by atoms with Crippen molar-refractivity contribution in [3.8, 4) is 0 Å². The summed E-state index contributed by atoms with van der Waals surface area (Å²) in [6, 6.07) is 11.5. The lowest BCUT2D eigenvalue weighted by Gasteiger charge is -2.32. The number of piperidine rings is 1. The summed E-state index contributed by atoms with van der Waals surface area (Å²) in [4.78, 5) is 25.5. The Morgan fingerprint density at radius 3 is 2.62 bits per heavy atom. The van der Waals surface area contributed by atoms with Gasteiger partial charge in [0, 0.05) is 25.4 Å². The first kappa shape index (κ1) is 14.9. The van der Waals surface area contributed by atoms with Crippen LogP contribution in [0, 0.1) is 5.92 Å². The van der Waals surface area contributed by atoms with Gasteiger partial charge in [0.05, 0.1) is 17.2 Å². The molecule has 0 saturated carbocycles. The molecule has 2 aromatic heterocycles. The molecule has 0 atom stereocenters. The molecule has 1 aliphatic rings. The van der Waals surface area contributed by atoms with Crippen LogP contribution in [0.2, 0.25) is 0 Å². The molecule has 1 saturated heterocycles. The SMILES string of the molecule is O=c1ccc(CC2CCN(c3cnc4ccccc4n3)CC2)c[nH]1. The van der Waals surface area contributed by atoms with E-state index < -0.39 is 0 Å². The maximum atomic E-state index is 11.1. The summed E-state index contributed by atoms with van der Waals surface area (Å²) in [6.07, 6.45) is 7.00. The predicted molar refractivity (Wildman–Crippen MR) is 95.2 cm³/mol. The van der Waals surface area contributed by atoms with Crippen LogP contribution in [0.5, 0.6) is 0 Å². The van der Waals surface area contributed by atoms with Crippen molar-refractivity contribution < 1.29 is 0 Å². The second-order valence-corrected chi connectivity index (χ2v) is 6.41. The van der Waals surface area contributed by atoms with Crippen LogP contribution in [0.4, 0.5) is 5.82 Å². The van der Waals surface area contributed by atoms with Crippen LogP contribution in [0.1, 0.15) is 18.4 Å². The minimum Gasteiger partial charge on any atom is -0.355 e. The zero-order chi connectivity index (χ0) is 16.4. The normalized spacial score (nSPS) is 15.8. The van der Waals surface area contributed by atoms with Crippen LogP contribution in [0.3, 0.4) is 0 Å². The van der Waals surface area contributed by atoms with Crippen molar-refractivity contribution in [3.63, 3.8) is 0 Å². The third-order valence-corrected chi connectivity index (χ3v) is 4.75. The van der Waals surface area contributed by atoms with Crippen molar-refractivity contribution in [2.24, 2.45) is 5.92 Å². The number of para-hydroxylation sites is 2. The number of H-pyrrole nitrogens is 1. The Balaban J connectivity index is 1.41. The summed E-state index contributed by atoms with van der Waals surface area (Å²) < 4.78 is 0. The first-order chi connectivity index (χ1) is 11.8. The Labute approximate surface area is 140 Å². The van der Waals surface area contributed by atoms with E-state index in [1.165, 1.54) is 5.56 Å². The average Bonchev–Trinajstić information content (AvgIpc) is 2.64. The van der Waals surface area contributed by atoms with Crippen LogP contribution in [0.15, 0.2) is 53.6 Å². The molecule has 1 aromatic carbocycles. The van der Waals surface area contributed by atoms with Gasteiger partial charge in [0.1, 0.15) is 5.82 Å². The highest BCUT2D eigenvalue weighted by Gasteiger charge is 2.20. The number of aromatic nitrogens is 3. The van der Waals surface area contributed by atoms with E-state index >= 15 is 0 Å². The van der Waals surface area contributed by atoms with Gasteiger partial charge in [0.2, 0.25) is 5.56 Å². The number of hydrogen-bond acceptors (Lipinski definition) is 4. The fraction of sp³-hybridized carbons (Fsp3) is 0.316. The third kappa shape index (κ3) is 3.15. The lowest BCUT2D eigenvalue weighted by Crippen LogP contribution is -2.35. The summed E-state index contributed by atoms with van der Waals surface area (Å²) in [5.74, 6) is 1.62. The van der Waals surface area contributed by atoms with Crippen molar-refractivity contribution in [2.45, 2.75) is 19.3 Å². The van der Waals surface area contributed by atoms with Gasteiger partial charge in [-0.1, -0.05) is 18.2 Å². The van der Waals surface area contributed by atoms with Crippen molar-refractivity contribution in [1.82, 2.24) is 15.0 Å². The number of pyridine rings is 1. The van der Waals surface area contributed by atoms with Gasteiger partial charge in [-0.25, -0.2) is 4.98 Å². The molecule has 24 heavy (non-hydrogen) atoms. The molecule has 0 radical (unpaired) electrons. The zero-order valence-electron chi connectivity index (χ0n) is 13.5. The molecule has 3 aromatic rings. The second-order valence-electron chi connectivity index (χ2n) is 6.41. The molecule has 3 heterocycles. The number of hydrogen-bond donors (Lipinski definition) is 1. The van der Waals surface area contributed by atoms with E-state index in [2.05, 4.69) is 14.9 Å². The highest BCUT2D eigenvalue weighted by molar-refractivity contribution is 5.75. The molecule has 1 fully saturated rings. The van der Waals surface area contributed by atoms with E-state index in [1.54, 1.807) is 6.07 Å². The van der Waals surface area contributed by atoms with Crippen LogP contribution in [0.25, 0.3) is 11.0 Å². The van der Waals surface area contributed by atoms with E-state index in [4.69, 9.17) is 4.98 Å². The Morgan fingerprint density at radius 2 is 1.88 bits per heavy atom. The first-order valence-corrected chi connectivity index (χ1v) is 8.42. The number of anilines is 1. The molecular weight excluding hydrogens is 300 g/mol. The van der Waals surface area contributed by atoms with Crippen LogP contribution >= 0.6 is 0 Å². The molecule has 0 unspecified atom stereocenters. The second kappa shape index (κ2) is 6.43. The fourth-order valence-electron chi connectivity index (χ4n) is 3.37. The molecule has 0 spiro atoms. The van der Waals surface area contributed by atoms with Gasteiger partial charge in [-0.05, 0) is 42.9 Å². The molecule has 122 valence electrons. The Hall–Kier alpha value is -2.69. The number of rotatable bonds is 3. The van der Waals surface area contributed by atoms with Crippen LogP contribution in [-0.2, 0) is 6.42 Å². The quantitative estimate of drug-likeness (QED) is 0.806. The summed E-state index contributed by atoms with van der Waals surface area (Å²) in [5.41, 5.74) is 3.06. The van der Waals surface area contributed by atoms with Gasteiger partial charge >= 0.3 is 0 Å². The lowest BCUT2D eigenvalue weighted by atomic mass is 9.91. The summed E-state index contributed by atoms with van der Waals surface area (Å²) in [6.45, 7) is 2.00. The van der Waals surface area contributed by atoms with Gasteiger partial charge in [-0.2, -0.15) is 0 Å². The molecule has 5 heteroatoms. The summed E-state index contributed by atoms with van der Waals surface area (Å²) in [7, 11) is 0. The molecule has 0 aliphatic carbocycles. The standard InChI is InChI=1S/C19H20N4O/c24-19-6-5-15(12-21-19)11-14-7-9-23(10-8-14)18-13-20-16-3-1-2-4-17(16)22-18/h1-6,12-14H,7-11H2,(H,21,24). The smallest absolute Gasteiger partial charge is 0.247 e. The molecule has 5 nitrogen and oxygen atoms in total. The molecule has 4 rings (SSSR count). The maximum Gasteiger partial charge on any atom is 0.247 e. The van der Waals surface area contributed by atoms with Crippen molar-refractivity contribution in [3.05, 3.63) is 64.7 Å². The first-order valence-electron chi connectivity index (χ1n) is 8.42. The predicted octanol–water partition coefficient (Wildman–Crippen LogP) is 2.78. The van der Waals surface area contributed by atoms with E-state index in [9.17, 15) is 4.79 Å². The van der Waals surface area contributed by atoms with Crippen molar-refractivity contribution in [1.29, 1.82) is 0 Å². The number of nitrogens with one attached hydrogen (secondary N) is 1. The minimum absolute atomic E-state index is 0.0385. The molecule has 1 aliphatic heterocycles. The van der Waals surface area contributed by atoms with E-state index in [0.717, 1.165) is 49.2 Å². The van der Waals surface area contributed by atoms with Crippen molar-refractivity contribution in [2.75, 3.05) is 18.0 Å². The van der Waals surface area contributed by atoms with Crippen LogP contribution < -0.4 is 10.5 Å². The highest BCUT2D eigenvalue weighted by Crippen LogP contribution is 2.25. The monoisotopic (exact) mass is 320 g/mol. The zero-order valence-corrected chi connectivity index (χ0v) is 13.5. The minimum atomic E-state index is -0.0385. The average molecular weight is 320 g/mol. The van der Waals surface area contributed by atoms with Gasteiger partial charge in [0.15, 0.2) is 0 Å². The van der Waals surface area contributed by atoms with Gasteiger partial charge in [0.25, 0.3) is 0 Å². The summed E-state index contributed by atoms with van der Waals surface area (Å²) in [5, 5.41) is 0. The van der Waals surface area contributed by atoms with E-state index in [1.807, 2.05) is 42.7 Å². The van der Waals surface area contributed by atoms with E-state index in [-0.39, 0.29) is 5.56 Å². The molecule has 0 bridgehead atoms. The van der Waals surface area contributed by atoms with Crippen LogP contribution in [-0.4, -0.2) is 28.0 Å². The number of nitrogens with zero attached hydrogens (tertiary/aromatic N) is 3. The fourth-order valence-corrected chi connectivity index (χ4v) is 3.37. The topological polar surface area (TPSA) is 61.9 Å². The number of aromatic amines is 1. The third-order valence-electron chi connectivity index (χ3n) is 4.75.